The lowest BCUT2D eigenvalue weighted by molar-refractivity contribution is 0.821. The van der Waals surface area contributed by atoms with Crippen LogP contribution in [0.25, 0.3) is 0 Å². The Balaban J connectivity index is 2.01. The molecule has 1 unspecified atom stereocenters. The fraction of sp³-hybridized carbons (Fsp3) is 0.400. The van der Waals surface area contributed by atoms with Crippen LogP contribution in [-0.2, 0) is 12.8 Å². The van der Waals surface area contributed by atoms with Crippen molar-refractivity contribution in [2.45, 2.75) is 39.2 Å². The minimum Gasteiger partial charge on any atom is -0.318 e. The quantitative estimate of drug-likeness (QED) is 0.897. The molecule has 1 aliphatic rings. The molecule has 2 N–H and O–H groups in total. The third-order valence-electron chi connectivity index (χ3n) is 3.73. The van der Waals surface area contributed by atoms with E-state index in [1.165, 1.54) is 40.1 Å². The van der Waals surface area contributed by atoms with Crippen LogP contribution in [0.15, 0.2) is 18.2 Å². The summed E-state index contributed by atoms with van der Waals surface area (Å²) in [7, 11) is 0. The van der Waals surface area contributed by atoms with Gasteiger partial charge in [0, 0.05) is 4.88 Å². The van der Waals surface area contributed by atoms with Crippen LogP contribution in [0.5, 0.6) is 0 Å². The van der Waals surface area contributed by atoms with E-state index < -0.39 is 0 Å². The SMILES string of the molecule is Cc1cccc(C)c1C(N)c1nc2c(s1)CCC2. The van der Waals surface area contributed by atoms with Crippen LogP contribution in [0.1, 0.15) is 44.7 Å². The van der Waals surface area contributed by atoms with E-state index in [-0.39, 0.29) is 6.04 Å². The summed E-state index contributed by atoms with van der Waals surface area (Å²) < 4.78 is 0. The van der Waals surface area contributed by atoms with E-state index in [0.29, 0.717) is 0 Å². The first-order valence-electron chi connectivity index (χ1n) is 6.47. The largest absolute Gasteiger partial charge is 0.318 e. The first-order chi connectivity index (χ1) is 8.66. The maximum Gasteiger partial charge on any atom is 0.114 e. The van der Waals surface area contributed by atoms with Gasteiger partial charge in [0.2, 0.25) is 0 Å². The standard InChI is InChI=1S/C15H18N2S/c1-9-5-3-6-10(2)13(9)14(16)15-17-11-7-4-8-12(11)18-15/h3,5-6,14H,4,7-8,16H2,1-2H3. The molecular weight excluding hydrogens is 240 g/mol. The molecule has 1 atom stereocenters. The van der Waals surface area contributed by atoms with Crippen LogP contribution in [0.2, 0.25) is 0 Å². The molecule has 0 saturated carbocycles. The number of fused-ring (bicyclic) bond motifs is 1. The number of aryl methyl sites for hydroxylation is 4. The molecule has 0 radical (unpaired) electrons. The van der Waals surface area contributed by atoms with Gasteiger partial charge in [0.1, 0.15) is 5.01 Å². The van der Waals surface area contributed by atoms with E-state index in [1.807, 2.05) is 0 Å². The van der Waals surface area contributed by atoms with Gasteiger partial charge in [-0.15, -0.1) is 11.3 Å². The highest BCUT2D eigenvalue weighted by molar-refractivity contribution is 7.11. The zero-order chi connectivity index (χ0) is 12.7. The average Bonchev–Trinajstić information content (AvgIpc) is 2.88. The summed E-state index contributed by atoms with van der Waals surface area (Å²) in [5.41, 5.74) is 11.5. The number of nitrogens with two attached hydrogens (primary N) is 1. The maximum atomic E-state index is 6.43. The third-order valence-corrected chi connectivity index (χ3v) is 4.97. The normalized spacial score (nSPS) is 15.7. The molecule has 3 heteroatoms. The highest BCUT2D eigenvalue weighted by Crippen LogP contribution is 2.33. The first-order valence-corrected chi connectivity index (χ1v) is 7.28. The fourth-order valence-electron chi connectivity index (χ4n) is 2.78. The highest BCUT2D eigenvalue weighted by atomic mass is 32.1. The van der Waals surface area contributed by atoms with E-state index in [0.717, 1.165) is 11.4 Å². The lowest BCUT2D eigenvalue weighted by Crippen LogP contribution is -2.14. The van der Waals surface area contributed by atoms with Crippen molar-refractivity contribution < 1.29 is 0 Å². The summed E-state index contributed by atoms with van der Waals surface area (Å²) in [5.74, 6) is 0. The highest BCUT2D eigenvalue weighted by Gasteiger charge is 2.22. The Morgan fingerprint density at radius 3 is 2.61 bits per heavy atom. The molecule has 0 amide bonds. The van der Waals surface area contributed by atoms with Gasteiger partial charge in [-0.3, -0.25) is 0 Å². The van der Waals surface area contributed by atoms with Gasteiger partial charge in [0.25, 0.3) is 0 Å². The number of hydrogen-bond donors (Lipinski definition) is 1. The molecule has 18 heavy (non-hydrogen) atoms. The molecule has 0 aliphatic heterocycles. The first kappa shape index (κ1) is 11.9. The van der Waals surface area contributed by atoms with Crippen molar-refractivity contribution in [3.05, 3.63) is 50.5 Å². The van der Waals surface area contributed by atoms with Gasteiger partial charge in [-0.2, -0.15) is 0 Å². The second kappa shape index (κ2) is 4.48. The van der Waals surface area contributed by atoms with Crippen LogP contribution in [0.4, 0.5) is 0 Å². The van der Waals surface area contributed by atoms with Crippen molar-refractivity contribution in [2.75, 3.05) is 0 Å². The Labute approximate surface area is 112 Å². The van der Waals surface area contributed by atoms with Gasteiger partial charge < -0.3 is 5.73 Å². The maximum absolute atomic E-state index is 6.43. The zero-order valence-electron chi connectivity index (χ0n) is 10.9. The van der Waals surface area contributed by atoms with Gasteiger partial charge in [-0.25, -0.2) is 4.98 Å². The summed E-state index contributed by atoms with van der Waals surface area (Å²) in [6.45, 7) is 4.26. The third kappa shape index (κ3) is 1.88. The molecule has 3 rings (SSSR count). The molecule has 0 fully saturated rings. The predicted octanol–water partition coefficient (Wildman–Crippen LogP) is 3.30. The molecule has 94 valence electrons. The van der Waals surface area contributed by atoms with Gasteiger partial charge >= 0.3 is 0 Å². The summed E-state index contributed by atoms with van der Waals surface area (Å²) in [5, 5.41) is 1.08. The molecule has 1 aromatic heterocycles. The minimum absolute atomic E-state index is 0.0678. The van der Waals surface area contributed by atoms with Gasteiger partial charge in [-0.1, -0.05) is 18.2 Å². The van der Waals surface area contributed by atoms with Crippen LogP contribution < -0.4 is 5.73 Å². The Bertz CT molecular complexity index is 544. The Kier molecular flexibility index (Phi) is 2.96. The number of rotatable bonds is 2. The molecule has 2 aromatic rings. The number of aromatic nitrogens is 1. The molecule has 1 heterocycles. The monoisotopic (exact) mass is 258 g/mol. The van der Waals surface area contributed by atoms with Crippen LogP contribution >= 0.6 is 11.3 Å². The van der Waals surface area contributed by atoms with Crippen molar-refractivity contribution in [3.63, 3.8) is 0 Å². The summed E-state index contributed by atoms with van der Waals surface area (Å²) in [6, 6.07) is 6.28. The minimum atomic E-state index is -0.0678. The second-order valence-electron chi connectivity index (χ2n) is 5.06. The number of nitrogens with zero attached hydrogens (tertiary/aromatic N) is 1. The van der Waals surface area contributed by atoms with Crippen LogP contribution in [0, 0.1) is 13.8 Å². The van der Waals surface area contributed by atoms with Gasteiger partial charge in [0.15, 0.2) is 0 Å². The van der Waals surface area contributed by atoms with Crippen molar-refractivity contribution in [3.8, 4) is 0 Å². The number of benzene rings is 1. The Morgan fingerprint density at radius 2 is 1.94 bits per heavy atom. The van der Waals surface area contributed by atoms with Crippen LogP contribution in [-0.4, -0.2) is 4.98 Å². The molecular formula is C15H18N2S. The lowest BCUT2D eigenvalue weighted by atomic mass is 9.97. The van der Waals surface area contributed by atoms with Crippen molar-refractivity contribution in [2.24, 2.45) is 5.73 Å². The van der Waals surface area contributed by atoms with Gasteiger partial charge in [0.05, 0.1) is 11.7 Å². The molecule has 1 aromatic carbocycles. The second-order valence-corrected chi connectivity index (χ2v) is 6.17. The summed E-state index contributed by atoms with van der Waals surface area (Å²) in [4.78, 5) is 6.19. The summed E-state index contributed by atoms with van der Waals surface area (Å²) in [6.07, 6.45) is 3.57. The van der Waals surface area contributed by atoms with E-state index in [2.05, 4.69) is 32.0 Å². The van der Waals surface area contributed by atoms with Crippen molar-refractivity contribution >= 4 is 11.3 Å². The van der Waals surface area contributed by atoms with E-state index in [1.54, 1.807) is 11.3 Å². The summed E-state index contributed by atoms with van der Waals surface area (Å²) >= 11 is 1.81. The van der Waals surface area contributed by atoms with Crippen molar-refractivity contribution in [1.82, 2.24) is 4.98 Å². The van der Waals surface area contributed by atoms with E-state index in [4.69, 9.17) is 10.7 Å². The van der Waals surface area contributed by atoms with Crippen molar-refractivity contribution in [1.29, 1.82) is 0 Å². The van der Waals surface area contributed by atoms with Gasteiger partial charge in [-0.05, 0) is 49.8 Å². The number of thiazole rings is 1. The van der Waals surface area contributed by atoms with E-state index in [9.17, 15) is 0 Å². The average molecular weight is 258 g/mol. The molecule has 1 aliphatic carbocycles. The molecule has 2 nitrogen and oxygen atoms in total. The molecule has 0 saturated heterocycles. The van der Waals surface area contributed by atoms with E-state index >= 15 is 0 Å². The molecule has 0 spiro atoms. The fourth-order valence-corrected chi connectivity index (χ4v) is 3.95. The lowest BCUT2D eigenvalue weighted by Gasteiger charge is -2.15. The predicted molar refractivity (Wildman–Crippen MR) is 76.1 cm³/mol. The number of hydrogen-bond acceptors (Lipinski definition) is 3. The Morgan fingerprint density at radius 1 is 1.22 bits per heavy atom. The Hall–Kier alpha value is -1.19. The topological polar surface area (TPSA) is 38.9 Å². The van der Waals surface area contributed by atoms with Crippen LogP contribution in [0.3, 0.4) is 0 Å². The smallest absolute Gasteiger partial charge is 0.114 e. The zero-order valence-corrected chi connectivity index (χ0v) is 11.7. The molecule has 0 bridgehead atoms.